The van der Waals surface area contributed by atoms with Crippen LogP contribution in [0.1, 0.15) is 29.8 Å². The highest BCUT2D eigenvalue weighted by atomic mass is 79.9. The number of carbonyl (C=O) groups excluding carboxylic acids is 1. The van der Waals surface area contributed by atoms with Gasteiger partial charge in [0, 0.05) is 35.1 Å². The summed E-state index contributed by atoms with van der Waals surface area (Å²) in [4.78, 5) is 17.3. The first-order valence-electron chi connectivity index (χ1n) is 9.30. The van der Waals surface area contributed by atoms with Crippen molar-refractivity contribution in [2.24, 2.45) is 0 Å². The molecule has 28 heavy (non-hydrogen) atoms. The summed E-state index contributed by atoms with van der Waals surface area (Å²) in [7, 11) is -3.10. The van der Waals surface area contributed by atoms with Crippen LogP contribution in [0.3, 0.4) is 0 Å². The molecule has 0 bridgehead atoms. The topological polar surface area (TPSA) is 57.7 Å². The standard InChI is InChI=1S/C21H27BrN2O3S/c1-4-23(5-2)13-14-24(20-8-6-7-19(22)15-20)21(25)18-11-9-17(10-12-18)16-28(3,26)27/h6-12,15H,4-5,13-14,16H2,1-3H3. The van der Waals surface area contributed by atoms with E-state index in [-0.39, 0.29) is 11.7 Å². The Morgan fingerprint density at radius 1 is 1.00 bits per heavy atom. The van der Waals surface area contributed by atoms with Crippen molar-refractivity contribution in [3.63, 3.8) is 0 Å². The van der Waals surface area contributed by atoms with Crippen LogP contribution in [0, 0.1) is 0 Å². The summed E-state index contributed by atoms with van der Waals surface area (Å²) in [5, 5.41) is 0. The first kappa shape index (κ1) is 22.6. The molecule has 0 aromatic heterocycles. The highest BCUT2D eigenvalue weighted by molar-refractivity contribution is 9.10. The maximum absolute atomic E-state index is 13.2. The third-order valence-electron chi connectivity index (χ3n) is 4.53. The molecule has 0 N–H and O–H groups in total. The van der Waals surface area contributed by atoms with Crippen LogP contribution in [0.25, 0.3) is 0 Å². The molecule has 7 heteroatoms. The Hall–Kier alpha value is -1.70. The highest BCUT2D eigenvalue weighted by Crippen LogP contribution is 2.22. The minimum absolute atomic E-state index is 0.0290. The lowest BCUT2D eigenvalue weighted by Gasteiger charge is -2.27. The Balaban J connectivity index is 2.27. The number of nitrogens with zero attached hydrogens (tertiary/aromatic N) is 2. The van der Waals surface area contributed by atoms with Crippen LogP contribution in [0.4, 0.5) is 5.69 Å². The van der Waals surface area contributed by atoms with Crippen LogP contribution in [-0.2, 0) is 15.6 Å². The second-order valence-corrected chi connectivity index (χ2v) is 9.79. The number of hydrogen-bond acceptors (Lipinski definition) is 4. The van der Waals surface area contributed by atoms with E-state index < -0.39 is 9.84 Å². The van der Waals surface area contributed by atoms with Crippen LogP contribution in [0.15, 0.2) is 53.0 Å². The van der Waals surface area contributed by atoms with Crippen molar-refractivity contribution >= 4 is 37.4 Å². The van der Waals surface area contributed by atoms with Gasteiger partial charge >= 0.3 is 0 Å². The molecule has 0 spiro atoms. The lowest BCUT2D eigenvalue weighted by molar-refractivity contribution is 0.0983. The maximum Gasteiger partial charge on any atom is 0.258 e. The van der Waals surface area contributed by atoms with Crippen molar-refractivity contribution in [2.75, 3.05) is 37.3 Å². The van der Waals surface area contributed by atoms with E-state index in [2.05, 4.69) is 34.7 Å². The van der Waals surface area contributed by atoms with Gasteiger partial charge in [-0.15, -0.1) is 0 Å². The quantitative estimate of drug-likeness (QED) is 0.560. The molecule has 5 nitrogen and oxygen atoms in total. The minimum Gasteiger partial charge on any atom is -0.307 e. The molecule has 0 unspecified atom stereocenters. The van der Waals surface area contributed by atoms with Gasteiger partial charge in [-0.05, 0) is 49.0 Å². The van der Waals surface area contributed by atoms with Crippen LogP contribution in [0.2, 0.25) is 0 Å². The number of sulfone groups is 1. The number of likely N-dealkylation sites (N-methyl/N-ethyl adjacent to an activating group) is 1. The van der Waals surface area contributed by atoms with E-state index in [1.54, 1.807) is 29.2 Å². The summed E-state index contributed by atoms with van der Waals surface area (Å²) in [6.45, 7) is 7.42. The summed E-state index contributed by atoms with van der Waals surface area (Å²) in [6.07, 6.45) is 1.20. The second kappa shape index (κ2) is 10.2. The van der Waals surface area contributed by atoms with Gasteiger partial charge in [-0.3, -0.25) is 4.79 Å². The average Bonchev–Trinajstić information content (AvgIpc) is 2.64. The molecule has 0 radical (unpaired) electrons. The summed E-state index contributed by atoms with van der Waals surface area (Å²) in [5.41, 5.74) is 2.04. The van der Waals surface area contributed by atoms with Crippen molar-refractivity contribution < 1.29 is 13.2 Å². The number of amides is 1. The molecule has 0 aliphatic rings. The summed E-state index contributed by atoms with van der Waals surface area (Å²) < 4.78 is 23.8. The fraction of sp³-hybridized carbons (Fsp3) is 0.381. The zero-order chi connectivity index (χ0) is 20.7. The number of rotatable bonds is 9. The van der Waals surface area contributed by atoms with Gasteiger partial charge in [0.25, 0.3) is 5.91 Å². The fourth-order valence-electron chi connectivity index (χ4n) is 2.98. The molecule has 2 aromatic rings. The average molecular weight is 467 g/mol. The van der Waals surface area contributed by atoms with E-state index in [4.69, 9.17) is 0 Å². The highest BCUT2D eigenvalue weighted by Gasteiger charge is 2.19. The first-order chi connectivity index (χ1) is 13.2. The van der Waals surface area contributed by atoms with Crippen molar-refractivity contribution in [3.8, 4) is 0 Å². The van der Waals surface area contributed by atoms with E-state index in [1.165, 1.54) is 6.26 Å². The van der Waals surface area contributed by atoms with Crippen molar-refractivity contribution in [1.29, 1.82) is 0 Å². The Labute approximate surface area is 176 Å². The Morgan fingerprint density at radius 2 is 1.64 bits per heavy atom. The first-order valence-corrected chi connectivity index (χ1v) is 12.1. The number of carbonyl (C=O) groups is 1. The molecular formula is C21H27BrN2O3S. The molecule has 0 fully saturated rings. The van der Waals surface area contributed by atoms with Gasteiger partial charge in [0.15, 0.2) is 9.84 Å². The van der Waals surface area contributed by atoms with Gasteiger partial charge in [0.05, 0.1) is 5.75 Å². The lowest BCUT2D eigenvalue weighted by Crippen LogP contribution is -2.38. The molecule has 0 saturated heterocycles. The van der Waals surface area contributed by atoms with E-state index in [1.807, 2.05) is 24.3 Å². The normalized spacial score (nSPS) is 11.6. The smallest absolute Gasteiger partial charge is 0.258 e. The molecule has 0 aliphatic carbocycles. The summed E-state index contributed by atoms with van der Waals surface area (Å²) in [6, 6.07) is 14.5. The molecule has 2 aromatic carbocycles. The molecule has 0 aliphatic heterocycles. The summed E-state index contributed by atoms with van der Waals surface area (Å²) >= 11 is 3.48. The molecule has 0 heterocycles. The van der Waals surface area contributed by atoms with Crippen LogP contribution in [-0.4, -0.2) is 51.7 Å². The number of anilines is 1. The van der Waals surface area contributed by atoms with Crippen LogP contribution in [0.5, 0.6) is 0 Å². The SMILES string of the molecule is CCN(CC)CCN(C(=O)c1ccc(CS(C)(=O)=O)cc1)c1cccc(Br)c1. The van der Waals surface area contributed by atoms with E-state index in [9.17, 15) is 13.2 Å². The molecule has 152 valence electrons. The number of halogens is 1. The van der Waals surface area contributed by atoms with Crippen molar-refractivity contribution in [1.82, 2.24) is 4.90 Å². The molecule has 1 amide bonds. The van der Waals surface area contributed by atoms with E-state index in [0.29, 0.717) is 17.7 Å². The fourth-order valence-corrected chi connectivity index (χ4v) is 4.16. The zero-order valence-corrected chi connectivity index (χ0v) is 19.0. The van der Waals surface area contributed by atoms with Gasteiger partial charge in [-0.2, -0.15) is 0 Å². The van der Waals surface area contributed by atoms with Crippen LogP contribution >= 0.6 is 15.9 Å². The predicted molar refractivity (Wildman–Crippen MR) is 119 cm³/mol. The second-order valence-electron chi connectivity index (χ2n) is 6.73. The molecular weight excluding hydrogens is 440 g/mol. The van der Waals surface area contributed by atoms with E-state index in [0.717, 1.165) is 29.8 Å². The number of hydrogen-bond donors (Lipinski definition) is 0. The van der Waals surface area contributed by atoms with Gasteiger partial charge in [0.2, 0.25) is 0 Å². The molecule has 0 saturated carbocycles. The minimum atomic E-state index is -3.10. The monoisotopic (exact) mass is 466 g/mol. The van der Waals surface area contributed by atoms with Crippen molar-refractivity contribution in [3.05, 3.63) is 64.1 Å². The Kier molecular flexibility index (Phi) is 8.22. The number of benzene rings is 2. The Bertz CT molecular complexity index is 894. The van der Waals surface area contributed by atoms with E-state index >= 15 is 0 Å². The Morgan fingerprint density at radius 3 is 2.18 bits per heavy atom. The molecule has 0 atom stereocenters. The third-order valence-corrected chi connectivity index (χ3v) is 5.88. The maximum atomic E-state index is 13.2. The summed E-state index contributed by atoms with van der Waals surface area (Å²) in [5.74, 6) is -0.130. The van der Waals surface area contributed by atoms with Crippen molar-refractivity contribution in [2.45, 2.75) is 19.6 Å². The van der Waals surface area contributed by atoms with Crippen LogP contribution < -0.4 is 4.90 Å². The largest absolute Gasteiger partial charge is 0.307 e. The molecule has 2 rings (SSSR count). The predicted octanol–water partition coefficient (Wildman–Crippen LogP) is 3.98. The third kappa shape index (κ3) is 6.72. The van der Waals surface area contributed by atoms with Gasteiger partial charge < -0.3 is 9.80 Å². The zero-order valence-electron chi connectivity index (χ0n) is 16.6. The lowest BCUT2D eigenvalue weighted by atomic mass is 10.1. The van der Waals surface area contributed by atoms with Gasteiger partial charge in [0.1, 0.15) is 0 Å². The van der Waals surface area contributed by atoms with Gasteiger partial charge in [-0.25, -0.2) is 8.42 Å². The van der Waals surface area contributed by atoms with Gasteiger partial charge in [-0.1, -0.05) is 48.0 Å².